The Morgan fingerprint density at radius 2 is 1.84 bits per heavy atom. The average Bonchev–Trinajstić information content (AvgIpc) is 2.78. The van der Waals surface area contributed by atoms with Gasteiger partial charge in [-0.15, -0.1) is 0 Å². The summed E-state index contributed by atoms with van der Waals surface area (Å²) in [5, 5.41) is 0.622. The molecule has 1 aliphatic carbocycles. The lowest BCUT2D eigenvalue weighted by molar-refractivity contribution is -0.119. The van der Waals surface area contributed by atoms with Crippen molar-refractivity contribution in [3.63, 3.8) is 0 Å². The second-order valence-corrected chi connectivity index (χ2v) is 8.35. The third-order valence-corrected chi connectivity index (χ3v) is 6.23. The van der Waals surface area contributed by atoms with Crippen LogP contribution in [0.5, 0.6) is 11.5 Å². The van der Waals surface area contributed by atoms with E-state index in [4.69, 9.17) is 38.4 Å². The number of methoxy groups -OCH3 is 1. The second kappa shape index (κ2) is 10.7. The summed E-state index contributed by atoms with van der Waals surface area (Å²) in [5.41, 5.74) is 6.42. The highest BCUT2D eigenvalue weighted by atomic mass is 35.5. The number of ether oxygens (including phenoxy) is 2. The van der Waals surface area contributed by atoms with Gasteiger partial charge in [-0.1, -0.05) is 54.6 Å². The Hall–Kier alpha value is -2.44. The smallest absolute Gasteiger partial charge is 0.255 e. The number of primary amides is 1. The molecule has 6 nitrogen and oxygen atoms in total. The molecular weight excluding hydrogens is 439 g/mol. The van der Waals surface area contributed by atoms with Gasteiger partial charge in [-0.25, -0.2) is 0 Å². The normalized spacial score (nSPS) is 14.2. The molecule has 1 saturated carbocycles. The van der Waals surface area contributed by atoms with Crippen LogP contribution < -0.4 is 15.2 Å². The van der Waals surface area contributed by atoms with Gasteiger partial charge in [-0.3, -0.25) is 9.59 Å². The van der Waals surface area contributed by atoms with Gasteiger partial charge in [0.1, 0.15) is 0 Å². The number of benzene rings is 2. The largest absolute Gasteiger partial charge is 0.493 e. The molecule has 0 spiro atoms. The van der Waals surface area contributed by atoms with Crippen molar-refractivity contribution in [1.29, 1.82) is 0 Å². The van der Waals surface area contributed by atoms with Gasteiger partial charge < -0.3 is 20.1 Å². The molecule has 2 N–H and O–H groups in total. The predicted octanol–water partition coefficient (Wildman–Crippen LogP) is 4.84. The molecule has 0 bridgehead atoms. The average molecular weight is 465 g/mol. The zero-order valence-corrected chi connectivity index (χ0v) is 18.9. The monoisotopic (exact) mass is 464 g/mol. The van der Waals surface area contributed by atoms with E-state index in [1.54, 1.807) is 30.3 Å². The molecule has 3 rings (SSSR count). The van der Waals surface area contributed by atoms with Gasteiger partial charge in [-0.2, -0.15) is 0 Å². The summed E-state index contributed by atoms with van der Waals surface area (Å²) in [6.07, 6.45) is 5.24. The van der Waals surface area contributed by atoms with E-state index in [2.05, 4.69) is 0 Å². The molecule has 8 heteroatoms. The Morgan fingerprint density at radius 1 is 1.10 bits per heavy atom. The molecule has 2 amide bonds. The van der Waals surface area contributed by atoms with E-state index in [-0.39, 0.29) is 23.6 Å². The van der Waals surface area contributed by atoms with E-state index in [0.717, 1.165) is 31.2 Å². The topological polar surface area (TPSA) is 81.9 Å². The summed E-state index contributed by atoms with van der Waals surface area (Å²) in [7, 11) is 1.52. The first-order valence-corrected chi connectivity index (χ1v) is 11.0. The maximum Gasteiger partial charge on any atom is 0.255 e. The van der Waals surface area contributed by atoms with E-state index in [1.165, 1.54) is 13.5 Å². The number of rotatable bonds is 8. The molecule has 0 aliphatic heterocycles. The number of halogens is 2. The summed E-state index contributed by atoms with van der Waals surface area (Å²) in [6, 6.07) is 10.6. The standard InChI is InChI=1S/C23H26Cl2N2O4/c1-30-20-12-15(10-11-19(20)31-14-21(26)28)13-27(16-6-3-2-4-7-16)23(29)17-8-5-9-18(24)22(17)25/h5,8-12,16H,2-4,6-7,13-14H2,1H3,(H2,26,28). The molecule has 0 heterocycles. The Bertz CT molecular complexity index is 945. The van der Waals surface area contributed by atoms with Gasteiger partial charge in [0.25, 0.3) is 11.8 Å². The van der Waals surface area contributed by atoms with Crippen LogP contribution in [0.1, 0.15) is 48.0 Å². The number of nitrogens with two attached hydrogens (primary N) is 1. The van der Waals surface area contributed by atoms with E-state index in [9.17, 15) is 9.59 Å². The van der Waals surface area contributed by atoms with Gasteiger partial charge >= 0.3 is 0 Å². The molecular formula is C23H26Cl2N2O4. The van der Waals surface area contributed by atoms with Crippen LogP contribution in [0.25, 0.3) is 0 Å². The summed E-state index contributed by atoms with van der Waals surface area (Å²) < 4.78 is 10.8. The number of nitrogens with zero attached hydrogens (tertiary/aromatic N) is 1. The second-order valence-electron chi connectivity index (χ2n) is 7.57. The predicted molar refractivity (Wildman–Crippen MR) is 121 cm³/mol. The Kier molecular flexibility index (Phi) is 8.04. The minimum atomic E-state index is -0.571. The minimum Gasteiger partial charge on any atom is -0.493 e. The fourth-order valence-corrected chi connectivity index (χ4v) is 4.24. The van der Waals surface area contributed by atoms with Crippen LogP contribution in [0.2, 0.25) is 10.0 Å². The maximum absolute atomic E-state index is 13.5. The molecule has 2 aromatic rings. The maximum atomic E-state index is 13.5. The van der Waals surface area contributed by atoms with Crippen molar-refractivity contribution in [2.75, 3.05) is 13.7 Å². The van der Waals surface area contributed by atoms with Crippen LogP contribution in [0, 0.1) is 0 Å². The molecule has 0 unspecified atom stereocenters. The van der Waals surface area contributed by atoms with Crippen LogP contribution in [0.15, 0.2) is 36.4 Å². The molecule has 0 aromatic heterocycles. The van der Waals surface area contributed by atoms with E-state index in [0.29, 0.717) is 28.6 Å². The first-order chi connectivity index (χ1) is 14.9. The SMILES string of the molecule is COc1cc(CN(C(=O)c2cccc(Cl)c2Cl)C2CCCCC2)ccc1OCC(N)=O. The van der Waals surface area contributed by atoms with Crippen molar-refractivity contribution in [2.45, 2.75) is 44.7 Å². The Morgan fingerprint density at radius 3 is 2.52 bits per heavy atom. The highest BCUT2D eigenvalue weighted by molar-refractivity contribution is 6.43. The van der Waals surface area contributed by atoms with Gasteiger partial charge in [0.15, 0.2) is 18.1 Å². The van der Waals surface area contributed by atoms with Gasteiger partial charge in [0.05, 0.1) is 22.7 Å². The molecule has 0 saturated heterocycles. The van der Waals surface area contributed by atoms with Crippen LogP contribution >= 0.6 is 23.2 Å². The zero-order valence-electron chi connectivity index (χ0n) is 17.4. The van der Waals surface area contributed by atoms with Crippen molar-refractivity contribution in [2.24, 2.45) is 5.73 Å². The van der Waals surface area contributed by atoms with Crippen molar-refractivity contribution in [3.8, 4) is 11.5 Å². The summed E-state index contributed by atoms with van der Waals surface area (Å²) in [5.74, 6) is 0.167. The van der Waals surface area contributed by atoms with Crippen molar-refractivity contribution in [3.05, 3.63) is 57.6 Å². The molecule has 1 fully saturated rings. The summed E-state index contributed by atoms with van der Waals surface area (Å²) >= 11 is 12.5. The fraction of sp³-hybridized carbons (Fsp3) is 0.391. The molecule has 0 radical (unpaired) electrons. The Balaban J connectivity index is 1.89. The summed E-state index contributed by atoms with van der Waals surface area (Å²) in [4.78, 5) is 26.4. The summed E-state index contributed by atoms with van der Waals surface area (Å²) in [6.45, 7) is 0.147. The minimum absolute atomic E-state index is 0.119. The number of amides is 2. The van der Waals surface area contributed by atoms with Crippen molar-refractivity contribution >= 4 is 35.0 Å². The van der Waals surface area contributed by atoms with Gasteiger partial charge in [-0.05, 0) is 42.7 Å². The molecule has 31 heavy (non-hydrogen) atoms. The lowest BCUT2D eigenvalue weighted by Gasteiger charge is -2.35. The molecule has 0 atom stereocenters. The molecule has 1 aliphatic rings. The van der Waals surface area contributed by atoms with E-state index < -0.39 is 5.91 Å². The van der Waals surface area contributed by atoms with Crippen LogP contribution in [0.4, 0.5) is 0 Å². The molecule has 166 valence electrons. The van der Waals surface area contributed by atoms with E-state index in [1.807, 2.05) is 11.0 Å². The van der Waals surface area contributed by atoms with Gasteiger partial charge in [0, 0.05) is 12.6 Å². The number of carbonyl (C=O) groups excluding carboxylic acids is 2. The van der Waals surface area contributed by atoms with Crippen LogP contribution in [0.3, 0.4) is 0 Å². The Labute approximate surface area is 192 Å². The zero-order chi connectivity index (χ0) is 22.4. The lowest BCUT2D eigenvalue weighted by Crippen LogP contribution is -2.41. The van der Waals surface area contributed by atoms with Crippen LogP contribution in [-0.2, 0) is 11.3 Å². The highest BCUT2D eigenvalue weighted by Gasteiger charge is 2.28. The third-order valence-electron chi connectivity index (χ3n) is 5.41. The van der Waals surface area contributed by atoms with Crippen molar-refractivity contribution < 1.29 is 19.1 Å². The van der Waals surface area contributed by atoms with Gasteiger partial charge in [0.2, 0.25) is 0 Å². The van der Waals surface area contributed by atoms with E-state index >= 15 is 0 Å². The van der Waals surface area contributed by atoms with Crippen molar-refractivity contribution in [1.82, 2.24) is 4.90 Å². The third kappa shape index (κ3) is 5.83. The number of hydrogen-bond donors (Lipinski definition) is 1. The number of carbonyl (C=O) groups is 2. The highest BCUT2D eigenvalue weighted by Crippen LogP contribution is 2.33. The lowest BCUT2D eigenvalue weighted by atomic mass is 9.93. The number of hydrogen-bond acceptors (Lipinski definition) is 4. The first kappa shape index (κ1) is 23.2. The quantitative estimate of drug-likeness (QED) is 0.605. The fourth-order valence-electron chi connectivity index (χ4n) is 3.86. The van der Waals surface area contributed by atoms with Crippen LogP contribution in [-0.4, -0.2) is 36.5 Å². The first-order valence-electron chi connectivity index (χ1n) is 10.2. The molecule has 2 aromatic carbocycles.